The lowest BCUT2D eigenvalue weighted by Gasteiger charge is -2.45. The fraction of sp³-hybridized carbons (Fsp3) is 0.625. The Morgan fingerprint density at radius 3 is 2.94 bits per heavy atom. The van der Waals surface area contributed by atoms with Gasteiger partial charge in [0.2, 0.25) is 0 Å². The summed E-state index contributed by atoms with van der Waals surface area (Å²) in [5, 5.41) is 0. The minimum absolute atomic E-state index is 0.491. The molecule has 4 rings (SSSR count). The Kier molecular flexibility index (Phi) is 1.80. The van der Waals surface area contributed by atoms with Crippen molar-refractivity contribution in [2.45, 2.75) is 51.4 Å². The highest BCUT2D eigenvalue weighted by Crippen LogP contribution is 2.51. The maximum atomic E-state index is 2.65. The van der Waals surface area contributed by atoms with Gasteiger partial charge in [0.15, 0.2) is 0 Å². The Morgan fingerprint density at radius 1 is 1.18 bits per heavy atom. The van der Waals surface area contributed by atoms with Gasteiger partial charge in [0, 0.05) is 18.8 Å². The Labute approximate surface area is 104 Å². The van der Waals surface area contributed by atoms with Gasteiger partial charge in [-0.15, -0.1) is 0 Å². The predicted octanol–water partition coefficient (Wildman–Crippen LogP) is 3.36. The standard InChI is InChI=1S/C16H21N/c1-11-10-12-5-8-17-9-7-16(2)6-3-4-13(11)14(16)15(12)17/h10H,3-9H2,1-2H3. The number of nitrogens with zero attached hydrogens (tertiary/aromatic N) is 1. The largest absolute Gasteiger partial charge is 0.371 e. The van der Waals surface area contributed by atoms with Crippen LogP contribution in [0.3, 0.4) is 0 Å². The van der Waals surface area contributed by atoms with Crippen LogP contribution in [0.15, 0.2) is 6.07 Å². The first-order valence-electron chi connectivity index (χ1n) is 7.10. The highest BCUT2D eigenvalue weighted by Gasteiger charge is 2.42. The number of benzene rings is 1. The molecule has 0 spiro atoms. The van der Waals surface area contributed by atoms with Crippen molar-refractivity contribution in [1.29, 1.82) is 0 Å². The van der Waals surface area contributed by atoms with Gasteiger partial charge >= 0.3 is 0 Å². The zero-order valence-corrected chi connectivity index (χ0v) is 11.0. The van der Waals surface area contributed by atoms with Gasteiger partial charge in [-0.2, -0.15) is 0 Å². The molecule has 17 heavy (non-hydrogen) atoms. The molecule has 0 N–H and O–H groups in total. The molecule has 1 aliphatic carbocycles. The molecule has 0 fully saturated rings. The van der Waals surface area contributed by atoms with Crippen molar-refractivity contribution in [1.82, 2.24) is 0 Å². The lowest BCUT2D eigenvalue weighted by Crippen LogP contribution is -2.40. The Bertz CT molecular complexity index is 503. The van der Waals surface area contributed by atoms with Crippen LogP contribution in [-0.4, -0.2) is 13.1 Å². The molecule has 1 aromatic rings. The van der Waals surface area contributed by atoms with Crippen LogP contribution in [-0.2, 0) is 18.3 Å². The molecular weight excluding hydrogens is 206 g/mol. The number of rotatable bonds is 0. The molecule has 2 aliphatic heterocycles. The Balaban J connectivity index is 2.08. The quantitative estimate of drug-likeness (QED) is 0.657. The number of hydrogen-bond donors (Lipinski definition) is 0. The van der Waals surface area contributed by atoms with Gasteiger partial charge < -0.3 is 4.90 Å². The van der Waals surface area contributed by atoms with Crippen molar-refractivity contribution in [3.05, 3.63) is 28.3 Å². The van der Waals surface area contributed by atoms with E-state index >= 15 is 0 Å². The van der Waals surface area contributed by atoms with Crippen molar-refractivity contribution >= 4 is 5.69 Å². The van der Waals surface area contributed by atoms with Gasteiger partial charge in [0.1, 0.15) is 0 Å². The normalized spacial score (nSPS) is 29.4. The lowest BCUT2D eigenvalue weighted by molar-refractivity contribution is 0.355. The molecule has 0 radical (unpaired) electrons. The molecule has 1 aromatic carbocycles. The van der Waals surface area contributed by atoms with Gasteiger partial charge in [-0.05, 0) is 66.7 Å². The van der Waals surface area contributed by atoms with E-state index < -0.39 is 0 Å². The lowest BCUT2D eigenvalue weighted by atomic mass is 9.66. The van der Waals surface area contributed by atoms with E-state index in [1.165, 1.54) is 45.2 Å². The minimum Gasteiger partial charge on any atom is -0.371 e. The van der Waals surface area contributed by atoms with E-state index in [1.54, 1.807) is 27.9 Å². The van der Waals surface area contributed by atoms with Crippen molar-refractivity contribution in [3.8, 4) is 0 Å². The summed E-state index contributed by atoms with van der Waals surface area (Å²) in [4.78, 5) is 2.65. The molecule has 2 heterocycles. The highest BCUT2D eigenvalue weighted by atomic mass is 15.2. The molecule has 0 amide bonds. The van der Waals surface area contributed by atoms with E-state index in [-0.39, 0.29) is 0 Å². The third-order valence-electron chi connectivity index (χ3n) is 5.37. The first-order valence-corrected chi connectivity index (χ1v) is 7.10. The van der Waals surface area contributed by atoms with Gasteiger partial charge in [0.25, 0.3) is 0 Å². The molecule has 1 atom stereocenters. The smallest absolute Gasteiger partial charge is 0.0440 e. The summed E-state index contributed by atoms with van der Waals surface area (Å²) in [6.45, 7) is 7.40. The Morgan fingerprint density at radius 2 is 2.06 bits per heavy atom. The van der Waals surface area contributed by atoms with Crippen LogP contribution in [0.4, 0.5) is 5.69 Å². The van der Waals surface area contributed by atoms with E-state index in [0.29, 0.717) is 5.41 Å². The Hall–Kier alpha value is -0.980. The topological polar surface area (TPSA) is 3.24 Å². The molecule has 90 valence electrons. The second-order valence-electron chi connectivity index (χ2n) is 6.46. The maximum Gasteiger partial charge on any atom is 0.0440 e. The fourth-order valence-corrected chi connectivity index (χ4v) is 4.44. The maximum absolute atomic E-state index is 2.65. The number of aryl methyl sites for hydroxylation is 1. The first kappa shape index (κ1) is 9.99. The molecule has 0 saturated heterocycles. The van der Waals surface area contributed by atoms with Crippen molar-refractivity contribution < 1.29 is 0 Å². The predicted molar refractivity (Wildman–Crippen MR) is 72.0 cm³/mol. The van der Waals surface area contributed by atoms with Crippen LogP contribution in [0.1, 0.15) is 48.4 Å². The molecule has 1 nitrogen and oxygen atoms in total. The average Bonchev–Trinajstić information content (AvgIpc) is 2.71. The van der Waals surface area contributed by atoms with E-state index in [0.717, 1.165) is 0 Å². The summed E-state index contributed by atoms with van der Waals surface area (Å²) in [5.41, 5.74) is 8.79. The number of hydrogen-bond acceptors (Lipinski definition) is 1. The zero-order chi connectivity index (χ0) is 11.6. The van der Waals surface area contributed by atoms with Crippen LogP contribution in [0.25, 0.3) is 0 Å². The van der Waals surface area contributed by atoms with Gasteiger partial charge in [-0.25, -0.2) is 0 Å². The summed E-state index contributed by atoms with van der Waals surface area (Å²) < 4.78 is 0. The molecule has 0 aromatic heterocycles. The summed E-state index contributed by atoms with van der Waals surface area (Å²) in [6.07, 6.45) is 6.76. The van der Waals surface area contributed by atoms with Crippen LogP contribution < -0.4 is 4.90 Å². The third-order valence-corrected chi connectivity index (χ3v) is 5.37. The second kappa shape index (κ2) is 3.07. The van der Waals surface area contributed by atoms with Crippen molar-refractivity contribution in [3.63, 3.8) is 0 Å². The van der Waals surface area contributed by atoms with Crippen LogP contribution in [0, 0.1) is 6.92 Å². The average molecular weight is 227 g/mol. The molecule has 1 unspecified atom stereocenters. The zero-order valence-electron chi connectivity index (χ0n) is 11.0. The first-order chi connectivity index (χ1) is 8.19. The van der Waals surface area contributed by atoms with Crippen LogP contribution >= 0.6 is 0 Å². The molecule has 1 heteroatoms. The van der Waals surface area contributed by atoms with E-state index in [2.05, 4.69) is 24.8 Å². The van der Waals surface area contributed by atoms with Gasteiger partial charge in [-0.1, -0.05) is 13.0 Å². The highest BCUT2D eigenvalue weighted by molar-refractivity contribution is 5.71. The minimum atomic E-state index is 0.491. The number of anilines is 1. The van der Waals surface area contributed by atoms with Gasteiger partial charge in [0.05, 0.1) is 0 Å². The fourth-order valence-electron chi connectivity index (χ4n) is 4.44. The summed E-state index contributed by atoms with van der Waals surface area (Å²) in [7, 11) is 0. The van der Waals surface area contributed by atoms with Crippen molar-refractivity contribution in [2.24, 2.45) is 0 Å². The summed E-state index contributed by atoms with van der Waals surface area (Å²) >= 11 is 0. The van der Waals surface area contributed by atoms with E-state index in [9.17, 15) is 0 Å². The van der Waals surface area contributed by atoms with Crippen LogP contribution in [0.2, 0.25) is 0 Å². The van der Waals surface area contributed by atoms with Crippen LogP contribution in [0.5, 0.6) is 0 Å². The second-order valence-corrected chi connectivity index (χ2v) is 6.46. The molecule has 3 aliphatic rings. The molecule has 0 bridgehead atoms. The van der Waals surface area contributed by atoms with Crippen molar-refractivity contribution in [2.75, 3.05) is 18.0 Å². The summed E-state index contributed by atoms with van der Waals surface area (Å²) in [6, 6.07) is 2.48. The summed E-state index contributed by atoms with van der Waals surface area (Å²) in [5.74, 6) is 0. The molecule has 0 saturated carbocycles. The SMILES string of the molecule is Cc1cc2c3c4c1CCCC4(C)CCN3CC2. The third kappa shape index (κ3) is 1.15. The van der Waals surface area contributed by atoms with E-state index in [1.807, 2.05) is 0 Å². The molecular formula is C16H21N. The monoisotopic (exact) mass is 227 g/mol. The van der Waals surface area contributed by atoms with E-state index in [4.69, 9.17) is 0 Å². The van der Waals surface area contributed by atoms with Gasteiger partial charge in [-0.3, -0.25) is 0 Å².